The van der Waals surface area contributed by atoms with Crippen LogP contribution in [0.5, 0.6) is 0 Å². The number of benzene rings is 2. The Bertz CT molecular complexity index is 1190. The molecule has 1 saturated heterocycles. The average molecular weight is 511 g/mol. The van der Waals surface area contributed by atoms with Gasteiger partial charge in [0.15, 0.2) is 0 Å². The van der Waals surface area contributed by atoms with Gasteiger partial charge in [-0.2, -0.15) is 30.2 Å². The summed E-state index contributed by atoms with van der Waals surface area (Å²) < 4.78 is 68.7. The zero-order chi connectivity index (χ0) is 25.4. The fourth-order valence-electron chi connectivity index (χ4n) is 4.64. The zero-order valence-corrected chi connectivity index (χ0v) is 20.6. The van der Waals surface area contributed by atoms with E-state index in [9.17, 15) is 26.4 Å². The molecule has 11 heteroatoms. The van der Waals surface area contributed by atoms with Gasteiger partial charge in [-0.05, 0) is 41.3 Å². The van der Waals surface area contributed by atoms with E-state index in [1.807, 2.05) is 17.0 Å². The van der Waals surface area contributed by atoms with Crippen LogP contribution in [-0.2, 0) is 40.7 Å². The molecule has 2 aliphatic heterocycles. The number of halogens is 3. The molecule has 4 rings (SSSR count). The molecule has 0 unspecified atom stereocenters. The summed E-state index contributed by atoms with van der Waals surface area (Å²) in [4.78, 5) is 15.6. The molecule has 0 bridgehead atoms. The number of anilines is 1. The molecule has 1 fully saturated rings. The summed E-state index contributed by atoms with van der Waals surface area (Å²) in [6.45, 7) is 4.44. The maximum Gasteiger partial charge on any atom is 0.416 e. The maximum absolute atomic E-state index is 13.3. The number of amides is 1. The van der Waals surface area contributed by atoms with Crippen LogP contribution < -0.4 is 4.90 Å². The first-order valence-electron chi connectivity index (χ1n) is 11.5. The van der Waals surface area contributed by atoms with E-state index in [0.29, 0.717) is 19.5 Å². The minimum absolute atomic E-state index is 0.0725. The van der Waals surface area contributed by atoms with Crippen LogP contribution in [0.4, 0.5) is 18.9 Å². The highest BCUT2D eigenvalue weighted by Crippen LogP contribution is 2.33. The summed E-state index contributed by atoms with van der Waals surface area (Å²) in [7, 11) is -2.65. The lowest BCUT2D eigenvalue weighted by Gasteiger charge is -2.36. The number of nitrogens with zero attached hydrogens (tertiary/aromatic N) is 4. The molecule has 0 saturated carbocycles. The lowest BCUT2D eigenvalue weighted by atomic mass is 10.00. The summed E-state index contributed by atoms with van der Waals surface area (Å²) in [5, 5.41) is 0. The van der Waals surface area contributed by atoms with Gasteiger partial charge in [0.2, 0.25) is 5.91 Å². The van der Waals surface area contributed by atoms with E-state index >= 15 is 0 Å². The van der Waals surface area contributed by atoms with Crippen molar-refractivity contribution in [2.45, 2.75) is 32.6 Å². The van der Waals surface area contributed by atoms with Crippen molar-refractivity contribution >= 4 is 21.8 Å². The molecule has 0 N–H and O–H groups in total. The van der Waals surface area contributed by atoms with Gasteiger partial charge in [0, 0.05) is 65.5 Å². The molecular weight excluding hydrogens is 481 g/mol. The van der Waals surface area contributed by atoms with Crippen molar-refractivity contribution in [2.75, 3.05) is 44.7 Å². The van der Waals surface area contributed by atoms with E-state index in [-0.39, 0.29) is 31.1 Å². The topological polar surface area (TPSA) is 64.2 Å². The van der Waals surface area contributed by atoms with Crippen LogP contribution in [0, 0.1) is 0 Å². The van der Waals surface area contributed by atoms with Crippen molar-refractivity contribution < 1.29 is 26.4 Å². The van der Waals surface area contributed by atoms with Gasteiger partial charge in [0.25, 0.3) is 10.2 Å². The average Bonchev–Trinajstić information content (AvgIpc) is 2.83. The minimum atomic E-state index is -4.55. The molecule has 0 spiro atoms. The predicted molar refractivity (Wildman–Crippen MR) is 127 cm³/mol. The fraction of sp³-hybridized carbons (Fsp3) is 0.458. The monoisotopic (exact) mass is 510 g/mol. The van der Waals surface area contributed by atoms with Crippen LogP contribution in [-0.4, -0.2) is 67.6 Å². The van der Waals surface area contributed by atoms with Gasteiger partial charge in [0.05, 0.1) is 5.56 Å². The molecular formula is C24H29F3N4O3S. The number of carbonyl (C=O) groups is 1. The van der Waals surface area contributed by atoms with Crippen LogP contribution in [0.1, 0.15) is 29.2 Å². The summed E-state index contributed by atoms with van der Waals surface area (Å²) >= 11 is 0. The number of fused-ring (bicyclic) bond motifs is 1. The molecule has 2 aromatic carbocycles. The Morgan fingerprint density at radius 3 is 2.34 bits per heavy atom. The second-order valence-electron chi connectivity index (χ2n) is 8.95. The lowest BCUT2D eigenvalue weighted by Crippen LogP contribution is -2.48. The van der Waals surface area contributed by atoms with Crippen LogP contribution in [0.15, 0.2) is 42.5 Å². The third kappa shape index (κ3) is 5.46. The first kappa shape index (κ1) is 25.5. The quantitative estimate of drug-likeness (QED) is 0.620. The number of carbonyl (C=O) groups excluding carboxylic acids is 1. The van der Waals surface area contributed by atoms with Gasteiger partial charge in [-0.1, -0.05) is 24.3 Å². The standard InChI is InChI=1S/C24H29F3N4O3S/c1-18(32)29-11-13-30(14-12-29)22-8-7-20-17-31(10-9-19(20)15-22)35(33,34)28(2)16-21-5-3-4-6-23(21)24(25,26)27/h3-8,15H,9-14,16-17H2,1-2H3. The van der Waals surface area contributed by atoms with Crippen LogP contribution in [0.3, 0.4) is 0 Å². The first-order valence-corrected chi connectivity index (χ1v) is 12.9. The van der Waals surface area contributed by atoms with Gasteiger partial charge in [-0.25, -0.2) is 0 Å². The van der Waals surface area contributed by atoms with Gasteiger partial charge in [-0.15, -0.1) is 0 Å². The highest BCUT2D eigenvalue weighted by molar-refractivity contribution is 7.86. The van der Waals surface area contributed by atoms with Crippen LogP contribution >= 0.6 is 0 Å². The van der Waals surface area contributed by atoms with Gasteiger partial charge < -0.3 is 9.80 Å². The molecule has 0 atom stereocenters. The molecule has 7 nitrogen and oxygen atoms in total. The molecule has 2 heterocycles. The van der Waals surface area contributed by atoms with Crippen LogP contribution in [0.25, 0.3) is 0 Å². The van der Waals surface area contributed by atoms with E-state index in [0.717, 1.165) is 40.3 Å². The Hall–Kier alpha value is -2.63. The van der Waals surface area contributed by atoms with E-state index in [1.165, 1.54) is 29.6 Å². The normalized spacial score (nSPS) is 17.5. The van der Waals surface area contributed by atoms with Gasteiger partial charge >= 0.3 is 6.18 Å². The van der Waals surface area contributed by atoms with Crippen molar-refractivity contribution in [3.63, 3.8) is 0 Å². The molecule has 0 radical (unpaired) electrons. The van der Waals surface area contributed by atoms with E-state index < -0.39 is 21.9 Å². The highest BCUT2D eigenvalue weighted by Gasteiger charge is 2.35. The smallest absolute Gasteiger partial charge is 0.368 e. The van der Waals surface area contributed by atoms with Crippen LogP contribution in [0.2, 0.25) is 0 Å². The number of hydrogen-bond acceptors (Lipinski definition) is 4. The summed E-state index contributed by atoms with van der Waals surface area (Å²) in [6.07, 6.45) is -4.04. The van der Waals surface area contributed by atoms with E-state index in [1.54, 1.807) is 6.92 Å². The molecule has 0 aromatic heterocycles. The summed E-state index contributed by atoms with van der Waals surface area (Å²) in [5.74, 6) is 0.0725. The Labute approximate surface area is 203 Å². The molecule has 2 aromatic rings. The Morgan fingerprint density at radius 1 is 1.00 bits per heavy atom. The third-order valence-corrected chi connectivity index (χ3v) is 8.57. The van der Waals surface area contributed by atoms with Crippen molar-refractivity contribution in [1.82, 2.24) is 13.5 Å². The third-order valence-electron chi connectivity index (χ3n) is 6.69. The molecule has 0 aliphatic carbocycles. The molecule has 190 valence electrons. The predicted octanol–water partition coefficient (Wildman–Crippen LogP) is 3.11. The van der Waals surface area contributed by atoms with Crippen molar-refractivity contribution in [3.05, 3.63) is 64.7 Å². The zero-order valence-electron chi connectivity index (χ0n) is 19.8. The maximum atomic E-state index is 13.3. The minimum Gasteiger partial charge on any atom is -0.368 e. The number of rotatable bonds is 5. The van der Waals surface area contributed by atoms with Crippen molar-refractivity contribution in [1.29, 1.82) is 0 Å². The van der Waals surface area contributed by atoms with E-state index in [4.69, 9.17) is 0 Å². The number of hydrogen-bond donors (Lipinski definition) is 0. The lowest BCUT2D eigenvalue weighted by molar-refractivity contribution is -0.138. The Morgan fingerprint density at radius 2 is 1.69 bits per heavy atom. The SMILES string of the molecule is CC(=O)N1CCN(c2ccc3c(c2)CCN(S(=O)(=O)N(C)Cc2ccccc2C(F)(F)F)C3)CC1. The molecule has 2 aliphatic rings. The first-order chi connectivity index (χ1) is 16.5. The largest absolute Gasteiger partial charge is 0.416 e. The van der Waals surface area contributed by atoms with E-state index in [2.05, 4.69) is 11.0 Å². The van der Waals surface area contributed by atoms with Gasteiger partial charge in [-0.3, -0.25) is 4.79 Å². The van der Waals surface area contributed by atoms with Gasteiger partial charge in [0.1, 0.15) is 0 Å². The molecule has 35 heavy (non-hydrogen) atoms. The second kappa shape index (κ2) is 9.79. The summed E-state index contributed by atoms with van der Waals surface area (Å²) in [6, 6.07) is 11.0. The fourth-order valence-corrected chi connectivity index (χ4v) is 5.96. The second-order valence-corrected chi connectivity index (χ2v) is 11.0. The molecule has 1 amide bonds. The Balaban J connectivity index is 1.45. The van der Waals surface area contributed by atoms with Crippen molar-refractivity contribution in [3.8, 4) is 0 Å². The Kier molecular flexibility index (Phi) is 7.12. The summed E-state index contributed by atoms with van der Waals surface area (Å²) in [5.41, 5.74) is 2.08. The highest BCUT2D eigenvalue weighted by atomic mass is 32.2. The van der Waals surface area contributed by atoms with Crippen molar-refractivity contribution in [2.24, 2.45) is 0 Å². The number of alkyl halides is 3. The number of piperazine rings is 1.